The lowest BCUT2D eigenvalue weighted by Gasteiger charge is -2.32. The first-order valence-electron chi connectivity index (χ1n) is 7.01. The Labute approximate surface area is 128 Å². The Kier molecular flexibility index (Phi) is 5.56. The van der Waals surface area contributed by atoms with Crippen molar-refractivity contribution in [2.24, 2.45) is 0 Å². The minimum Gasteiger partial charge on any atom is -0.349 e. The van der Waals surface area contributed by atoms with Crippen molar-refractivity contribution in [3.8, 4) is 0 Å². The van der Waals surface area contributed by atoms with Gasteiger partial charge in [0.2, 0.25) is 5.91 Å². The van der Waals surface area contributed by atoms with E-state index in [4.69, 9.17) is 11.6 Å². The van der Waals surface area contributed by atoms with Gasteiger partial charge in [-0.1, -0.05) is 12.1 Å². The monoisotopic (exact) mass is 312 g/mol. The van der Waals surface area contributed by atoms with Crippen LogP contribution < -0.4 is 5.32 Å². The average Bonchev–Trinajstić information content (AvgIpc) is 2.48. The highest BCUT2D eigenvalue weighted by molar-refractivity contribution is 6.18. The Morgan fingerprint density at radius 1 is 1.29 bits per heavy atom. The molecule has 0 spiro atoms. The second kappa shape index (κ2) is 7.41. The lowest BCUT2D eigenvalue weighted by atomic mass is 10.0. The largest absolute Gasteiger partial charge is 0.349 e. The molecule has 0 aromatic heterocycles. The van der Waals surface area contributed by atoms with Gasteiger partial charge in [0.15, 0.2) is 0 Å². The highest BCUT2D eigenvalue weighted by Gasteiger charge is 2.24. The van der Waals surface area contributed by atoms with Crippen molar-refractivity contribution in [2.75, 3.05) is 19.0 Å². The second-order valence-electron chi connectivity index (χ2n) is 5.05. The van der Waals surface area contributed by atoms with Crippen molar-refractivity contribution in [1.82, 2.24) is 10.2 Å². The molecule has 2 rings (SSSR count). The molecule has 4 nitrogen and oxygen atoms in total. The standard InChI is InChI=1S/C15H18ClFN2O2/c16-8-5-14(20)19-9-6-11(7-10-19)18-15(21)12-3-1-2-4-13(12)17/h1-4,11H,5-10H2,(H,18,21). The summed E-state index contributed by atoms with van der Waals surface area (Å²) >= 11 is 5.56. The first-order valence-corrected chi connectivity index (χ1v) is 7.54. The molecule has 2 amide bonds. The number of carbonyl (C=O) groups excluding carboxylic acids is 2. The van der Waals surface area contributed by atoms with Gasteiger partial charge in [-0.3, -0.25) is 9.59 Å². The molecule has 114 valence electrons. The molecule has 1 aromatic rings. The van der Waals surface area contributed by atoms with E-state index < -0.39 is 11.7 Å². The third kappa shape index (κ3) is 4.17. The summed E-state index contributed by atoms with van der Waals surface area (Å²) in [5.74, 6) is -0.560. The maximum absolute atomic E-state index is 13.5. The van der Waals surface area contributed by atoms with E-state index in [2.05, 4.69) is 5.32 Å². The van der Waals surface area contributed by atoms with Gasteiger partial charge >= 0.3 is 0 Å². The number of alkyl halides is 1. The fraction of sp³-hybridized carbons (Fsp3) is 0.467. The van der Waals surface area contributed by atoms with E-state index in [0.29, 0.717) is 38.2 Å². The van der Waals surface area contributed by atoms with E-state index >= 15 is 0 Å². The molecule has 1 saturated heterocycles. The number of hydrogen-bond acceptors (Lipinski definition) is 2. The molecular formula is C15H18ClFN2O2. The first-order chi connectivity index (χ1) is 10.1. The molecule has 1 aliphatic heterocycles. The topological polar surface area (TPSA) is 49.4 Å². The first kappa shape index (κ1) is 15.8. The minimum atomic E-state index is -0.523. The van der Waals surface area contributed by atoms with Crippen LogP contribution in [0.25, 0.3) is 0 Å². The summed E-state index contributed by atoms with van der Waals surface area (Å²) in [5, 5.41) is 2.82. The summed E-state index contributed by atoms with van der Waals surface area (Å²) < 4.78 is 13.5. The Morgan fingerprint density at radius 3 is 2.57 bits per heavy atom. The molecule has 21 heavy (non-hydrogen) atoms. The zero-order chi connectivity index (χ0) is 15.2. The van der Waals surface area contributed by atoms with Gasteiger partial charge in [0.25, 0.3) is 5.91 Å². The fourth-order valence-electron chi connectivity index (χ4n) is 2.42. The Hall–Kier alpha value is -1.62. The lowest BCUT2D eigenvalue weighted by Crippen LogP contribution is -2.46. The number of hydrogen-bond donors (Lipinski definition) is 1. The zero-order valence-corrected chi connectivity index (χ0v) is 12.4. The number of halogens is 2. The van der Waals surface area contributed by atoms with Crippen molar-refractivity contribution < 1.29 is 14.0 Å². The number of likely N-dealkylation sites (tertiary alicyclic amines) is 1. The third-order valence-corrected chi connectivity index (χ3v) is 3.80. The summed E-state index contributed by atoms with van der Waals surface area (Å²) in [6, 6.07) is 5.88. The molecule has 1 heterocycles. The predicted molar refractivity (Wildman–Crippen MR) is 78.8 cm³/mol. The van der Waals surface area contributed by atoms with Gasteiger partial charge in [-0.2, -0.15) is 0 Å². The SMILES string of the molecule is O=C(NC1CCN(C(=O)CCCl)CC1)c1ccccc1F. The highest BCUT2D eigenvalue weighted by Crippen LogP contribution is 2.13. The fourth-order valence-corrected chi connectivity index (χ4v) is 2.58. The number of nitrogens with one attached hydrogen (secondary N) is 1. The molecular weight excluding hydrogens is 295 g/mol. The molecule has 0 bridgehead atoms. The zero-order valence-electron chi connectivity index (χ0n) is 11.6. The van der Waals surface area contributed by atoms with Crippen molar-refractivity contribution in [2.45, 2.75) is 25.3 Å². The summed E-state index contributed by atoms with van der Waals surface area (Å²) in [6.07, 6.45) is 1.69. The molecule has 0 saturated carbocycles. The van der Waals surface area contributed by atoms with Crippen LogP contribution in [-0.2, 0) is 4.79 Å². The van der Waals surface area contributed by atoms with Gasteiger partial charge in [-0.25, -0.2) is 4.39 Å². The lowest BCUT2D eigenvalue weighted by molar-refractivity contribution is -0.131. The van der Waals surface area contributed by atoms with Crippen LogP contribution in [0.1, 0.15) is 29.6 Å². The van der Waals surface area contributed by atoms with E-state index in [1.807, 2.05) is 0 Å². The van der Waals surface area contributed by atoms with Crippen LogP contribution in [0.5, 0.6) is 0 Å². The summed E-state index contributed by atoms with van der Waals surface area (Å²) in [5.41, 5.74) is 0.0538. The molecule has 6 heteroatoms. The van der Waals surface area contributed by atoms with Gasteiger partial charge < -0.3 is 10.2 Å². The van der Waals surface area contributed by atoms with E-state index in [0.717, 1.165) is 0 Å². The number of nitrogens with zero attached hydrogens (tertiary/aromatic N) is 1. The Morgan fingerprint density at radius 2 is 1.95 bits per heavy atom. The summed E-state index contributed by atoms with van der Waals surface area (Å²) in [4.78, 5) is 25.5. The minimum absolute atomic E-state index is 0.0304. The number of amides is 2. The predicted octanol–water partition coefficient (Wildman–Crippen LogP) is 2.18. The van der Waals surface area contributed by atoms with Gasteiger partial charge in [0.05, 0.1) is 5.56 Å². The van der Waals surface area contributed by atoms with Crippen molar-refractivity contribution in [1.29, 1.82) is 0 Å². The molecule has 1 N–H and O–H groups in total. The van der Waals surface area contributed by atoms with E-state index in [1.165, 1.54) is 12.1 Å². The van der Waals surface area contributed by atoms with E-state index in [9.17, 15) is 14.0 Å². The number of piperidine rings is 1. The smallest absolute Gasteiger partial charge is 0.254 e. The molecule has 1 aromatic carbocycles. The van der Waals surface area contributed by atoms with Crippen LogP contribution in [-0.4, -0.2) is 41.7 Å². The summed E-state index contributed by atoms with van der Waals surface area (Å²) in [6.45, 7) is 1.19. The molecule has 1 fully saturated rings. The van der Waals surface area contributed by atoms with Crippen LogP contribution in [0.2, 0.25) is 0 Å². The van der Waals surface area contributed by atoms with Crippen molar-refractivity contribution >= 4 is 23.4 Å². The van der Waals surface area contributed by atoms with Gasteiger partial charge in [-0.05, 0) is 25.0 Å². The molecule has 1 aliphatic rings. The maximum Gasteiger partial charge on any atom is 0.254 e. The number of benzene rings is 1. The number of carbonyl (C=O) groups is 2. The van der Waals surface area contributed by atoms with Crippen LogP contribution in [0.15, 0.2) is 24.3 Å². The highest BCUT2D eigenvalue weighted by atomic mass is 35.5. The molecule has 0 radical (unpaired) electrons. The van der Waals surface area contributed by atoms with Crippen molar-refractivity contribution in [3.63, 3.8) is 0 Å². The molecule has 0 aliphatic carbocycles. The average molecular weight is 313 g/mol. The Balaban J connectivity index is 1.85. The van der Waals surface area contributed by atoms with Gasteiger partial charge in [-0.15, -0.1) is 11.6 Å². The third-order valence-electron chi connectivity index (χ3n) is 3.61. The normalized spacial score (nSPS) is 15.8. The Bertz CT molecular complexity index is 516. The van der Waals surface area contributed by atoms with Crippen LogP contribution in [0, 0.1) is 5.82 Å². The van der Waals surface area contributed by atoms with Crippen LogP contribution in [0.4, 0.5) is 4.39 Å². The van der Waals surface area contributed by atoms with Gasteiger partial charge in [0.1, 0.15) is 5.82 Å². The maximum atomic E-state index is 13.5. The number of rotatable bonds is 4. The van der Waals surface area contributed by atoms with Gasteiger partial charge in [0, 0.05) is 31.4 Å². The quantitative estimate of drug-likeness (QED) is 0.866. The van der Waals surface area contributed by atoms with Crippen LogP contribution >= 0.6 is 11.6 Å². The molecule has 0 unspecified atom stereocenters. The van der Waals surface area contributed by atoms with Crippen LogP contribution in [0.3, 0.4) is 0 Å². The van der Waals surface area contributed by atoms with E-state index in [1.54, 1.807) is 17.0 Å². The second-order valence-corrected chi connectivity index (χ2v) is 5.43. The summed E-state index contributed by atoms with van der Waals surface area (Å²) in [7, 11) is 0. The van der Waals surface area contributed by atoms with E-state index in [-0.39, 0.29) is 17.5 Å². The van der Waals surface area contributed by atoms with Crippen molar-refractivity contribution in [3.05, 3.63) is 35.6 Å². The molecule has 0 atom stereocenters.